The lowest BCUT2D eigenvalue weighted by Gasteiger charge is -2.12. The molecule has 3 aromatic rings. The quantitative estimate of drug-likeness (QED) is 0.252. The Kier molecular flexibility index (Phi) is 9.78. The van der Waals surface area contributed by atoms with Crippen LogP contribution < -0.4 is 20.9 Å². The van der Waals surface area contributed by atoms with Gasteiger partial charge >= 0.3 is 6.03 Å². The topological polar surface area (TPSA) is 88.7 Å². The number of hydroxylamine groups is 1. The maximum absolute atomic E-state index is 12.3. The van der Waals surface area contributed by atoms with Gasteiger partial charge in [0.1, 0.15) is 12.4 Å². The van der Waals surface area contributed by atoms with Gasteiger partial charge in [-0.15, -0.1) is 0 Å². The number of hydrogen-bond donors (Lipinski definition) is 3. The molecular formula is C26H29N3O4. The Morgan fingerprint density at radius 1 is 0.727 bits per heavy atom. The number of amides is 3. The van der Waals surface area contributed by atoms with Gasteiger partial charge in [-0.1, -0.05) is 67.1 Å². The summed E-state index contributed by atoms with van der Waals surface area (Å²) in [4.78, 5) is 29.2. The summed E-state index contributed by atoms with van der Waals surface area (Å²) >= 11 is 0. The zero-order valence-electron chi connectivity index (χ0n) is 18.5. The second-order valence-electron chi connectivity index (χ2n) is 7.40. The first-order valence-electron chi connectivity index (χ1n) is 11.0. The molecule has 0 saturated carbocycles. The maximum Gasteiger partial charge on any atom is 0.343 e. The molecule has 7 heteroatoms. The lowest BCUT2D eigenvalue weighted by molar-refractivity contribution is -0.116. The van der Waals surface area contributed by atoms with Gasteiger partial charge in [-0.3, -0.25) is 9.63 Å². The van der Waals surface area contributed by atoms with Crippen LogP contribution in [0, 0.1) is 0 Å². The van der Waals surface area contributed by atoms with E-state index in [1.54, 1.807) is 12.1 Å². The summed E-state index contributed by atoms with van der Waals surface area (Å²) in [6.07, 6.45) is 2.66. The predicted molar refractivity (Wildman–Crippen MR) is 129 cm³/mol. The largest absolute Gasteiger partial charge is 0.487 e. The number of para-hydroxylation sites is 3. The third-order valence-electron chi connectivity index (χ3n) is 4.75. The summed E-state index contributed by atoms with van der Waals surface area (Å²) in [5, 5.41) is 5.59. The fourth-order valence-corrected chi connectivity index (χ4v) is 3.08. The van der Waals surface area contributed by atoms with Crippen LogP contribution in [0.4, 0.5) is 16.2 Å². The molecule has 0 aliphatic carbocycles. The fraction of sp³-hybridized carbons (Fsp3) is 0.231. The van der Waals surface area contributed by atoms with E-state index in [4.69, 9.17) is 9.57 Å². The number of rotatable bonds is 12. The molecule has 0 atom stereocenters. The van der Waals surface area contributed by atoms with Gasteiger partial charge in [-0.05, 0) is 42.7 Å². The standard InChI is InChI=1S/C26H29N3O4/c30-25(18-8-3-11-19-33-29-26(31)27-22-14-6-2-7-15-22)28-23-16-9-10-17-24(23)32-20-21-12-4-1-5-13-21/h1-2,4-7,9-10,12-17H,3,8,11,18-20H2,(H,28,30)(H2,27,29,31). The monoisotopic (exact) mass is 447 g/mol. The highest BCUT2D eigenvalue weighted by Crippen LogP contribution is 2.25. The molecule has 0 fully saturated rings. The predicted octanol–water partition coefficient (Wildman–Crippen LogP) is 5.52. The summed E-state index contributed by atoms with van der Waals surface area (Å²) in [7, 11) is 0. The van der Waals surface area contributed by atoms with Crippen LogP contribution >= 0.6 is 0 Å². The number of carbonyl (C=O) groups is 2. The number of unbranched alkanes of at least 4 members (excludes halogenated alkanes) is 2. The smallest absolute Gasteiger partial charge is 0.343 e. The van der Waals surface area contributed by atoms with Crippen LogP contribution in [0.5, 0.6) is 5.75 Å². The minimum atomic E-state index is -0.422. The minimum absolute atomic E-state index is 0.0629. The number of benzene rings is 3. The van der Waals surface area contributed by atoms with Crippen molar-refractivity contribution in [1.82, 2.24) is 5.48 Å². The van der Waals surface area contributed by atoms with E-state index < -0.39 is 6.03 Å². The van der Waals surface area contributed by atoms with Gasteiger partial charge in [0, 0.05) is 12.1 Å². The normalized spacial score (nSPS) is 10.3. The molecule has 3 rings (SSSR count). The second kappa shape index (κ2) is 13.5. The van der Waals surface area contributed by atoms with Crippen molar-refractivity contribution in [3.8, 4) is 5.75 Å². The van der Waals surface area contributed by atoms with Crippen molar-refractivity contribution < 1.29 is 19.2 Å². The molecule has 0 spiro atoms. The van der Waals surface area contributed by atoms with E-state index in [1.807, 2.05) is 72.8 Å². The Morgan fingerprint density at radius 3 is 2.21 bits per heavy atom. The van der Waals surface area contributed by atoms with Crippen LogP contribution in [0.25, 0.3) is 0 Å². The van der Waals surface area contributed by atoms with Crippen molar-refractivity contribution in [2.75, 3.05) is 17.2 Å². The van der Waals surface area contributed by atoms with E-state index in [1.165, 1.54) is 0 Å². The van der Waals surface area contributed by atoms with Crippen molar-refractivity contribution in [1.29, 1.82) is 0 Å². The summed E-state index contributed by atoms with van der Waals surface area (Å²) in [5.41, 5.74) is 4.77. The average Bonchev–Trinajstić information content (AvgIpc) is 2.84. The Hall–Kier alpha value is -3.84. The molecule has 33 heavy (non-hydrogen) atoms. The summed E-state index contributed by atoms with van der Waals surface area (Å²) < 4.78 is 5.88. The molecule has 0 unspecified atom stereocenters. The number of carbonyl (C=O) groups excluding carboxylic acids is 2. The van der Waals surface area contributed by atoms with Gasteiger partial charge in [0.2, 0.25) is 5.91 Å². The molecule has 3 N–H and O–H groups in total. The number of anilines is 2. The number of ether oxygens (including phenoxy) is 1. The van der Waals surface area contributed by atoms with Gasteiger partial charge in [-0.25, -0.2) is 10.3 Å². The number of nitrogens with one attached hydrogen (secondary N) is 3. The first-order chi connectivity index (χ1) is 16.2. The van der Waals surface area contributed by atoms with E-state index >= 15 is 0 Å². The molecule has 0 aliphatic heterocycles. The van der Waals surface area contributed by atoms with E-state index in [-0.39, 0.29) is 5.91 Å². The molecule has 0 radical (unpaired) electrons. The van der Waals surface area contributed by atoms with Crippen LogP contribution in [-0.4, -0.2) is 18.5 Å². The van der Waals surface area contributed by atoms with Crippen molar-refractivity contribution >= 4 is 23.3 Å². The van der Waals surface area contributed by atoms with Gasteiger partial charge in [0.25, 0.3) is 0 Å². The first kappa shape index (κ1) is 23.8. The van der Waals surface area contributed by atoms with Gasteiger partial charge in [-0.2, -0.15) is 0 Å². The van der Waals surface area contributed by atoms with E-state index in [2.05, 4.69) is 16.1 Å². The average molecular weight is 448 g/mol. The Balaban J connectivity index is 1.28. The van der Waals surface area contributed by atoms with Gasteiger partial charge < -0.3 is 15.4 Å². The first-order valence-corrected chi connectivity index (χ1v) is 11.0. The lowest BCUT2D eigenvalue weighted by Crippen LogP contribution is -2.29. The van der Waals surface area contributed by atoms with E-state index in [0.29, 0.717) is 36.8 Å². The highest BCUT2D eigenvalue weighted by Gasteiger charge is 2.08. The molecule has 0 aliphatic rings. The Labute approximate surface area is 194 Å². The molecular weight excluding hydrogens is 418 g/mol. The Morgan fingerprint density at radius 2 is 1.42 bits per heavy atom. The highest BCUT2D eigenvalue weighted by molar-refractivity contribution is 5.92. The van der Waals surface area contributed by atoms with E-state index in [0.717, 1.165) is 24.8 Å². The number of urea groups is 1. The van der Waals surface area contributed by atoms with E-state index in [9.17, 15) is 9.59 Å². The second-order valence-corrected chi connectivity index (χ2v) is 7.40. The fourth-order valence-electron chi connectivity index (χ4n) is 3.08. The van der Waals surface area contributed by atoms with Crippen LogP contribution in [-0.2, 0) is 16.2 Å². The third-order valence-corrected chi connectivity index (χ3v) is 4.75. The van der Waals surface area contributed by atoms with Crippen LogP contribution in [0.15, 0.2) is 84.9 Å². The molecule has 7 nitrogen and oxygen atoms in total. The molecule has 3 amide bonds. The molecule has 0 bridgehead atoms. The van der Waals surface area contributed by atoms with Crippen molar-refractivity contribution in [2.24, 2.45) is 0 Å². The zero-order chi connectivity index (χ0) is 23.1. The molecule has 3 aromatic carbocycles. The summed E-state index contributed by atoms with van der Waals surface area (Å²) in [6, 6.07) is 26.0. The lowest BCUT2D eigenvalue weighted by atomic mass is 10.2. The minimum Gasteiger partial charge on any atom is -0.487 e. The van der Waals surface area contributed by atoms with Crippen LogP contribution in [0.2, 0.25) is 0 Å². The zero-order valence-corrected chi connectivity index (χ0v) is 18.5. The summed E-state index contributed by atoms with van der Waals surface area (Å²) in [5.74, 6) is 0.579. The van der Waals surface area contributed by atoms with Crippen LogP contribution in [0.1, 0.15) is 31.2 Å². The molecule has 0 aromatic heterocycles. The SMILES string of the molecule is O=C(CCCCCONC(=O)Nc1ccccc1)Nc1ccccc1OCc1ccccc1. The Bertz CT molecular complexity index is 997. The third kappa shape index (κ3) is 9.04. The maximum atomic E-state index is 12.3. The van der Waals surface area contributed by atoms with Crippen molar-refractivity contribution in [2.45, 2.75) is 32.3 Å². The van der Waals surface area contributed by atoms with Crippen molar-refractivity contribution in [3.63, 3.8) is 0 Å². The molecule has 172 valence electrons. The van der Waals surface area contributed by atoms with Gasteiger partial charge in [0.15, 0.2) is 0 Å². The van der Waals surface area contributed by atoms with Gasteiger partial charge in [0.05, 0.1) is 12.3 Å². The molecule has 0 heterocycles. The van der Waals surface area contributed by atoms with Crippen molar-refractivity contribution in [3.05, 3.63) is 90.5 Å². The van der Waals surface area contributed by atoms with Crippen LogP contribution in [0.3, 0.4) is 0 Å². The molecule has 0 saturated heterocycles. The summed E-state index contributed by atoms with van der Waals surface area (Å²) in [6.45, 7) is 0.811. The highest BCUT2D eigenvalue weighted by atomic mass is 16.7. The number of hydrogen-bond acceptors (Lipinski definition) is 4.